The second kappa shape index (κ2) is 6.14. The van der Waals surface area contributed by atoms with Gasteiger partial charge in [0.05, 0.1) is 11.7 Å². The van der Waals surface area contributed by atoms with Gasteiger partial charge in [0.15, 0.2) is 5.78 Å². The van der Waals surface area contributed by atoms with E-state index in [1.54, 1.807) is 0 Å². The molecule has 1 heterocycles. The van der Waals surface area contributed by atoms with Crippen molar-refractivity contribution < 1.29 is 19.1 Å². The highest BCUT2D eigenvalue weighted by Crippen LogP contribution is 2.45. The molecule has 1 saturated heterocycles. The predicted molar refractivity (Wildman–Crippen MR) is 79.8 cm³/mol. The van der Waals surface area contributed by atoms with Crippen molar-refractivity contribution >= 4 is 11.8 Å². The van der Waals surface area contributed by atoms with Gasteiger partial charge in [0.25, 0.3) is 0 Å². The highest BCUT2D eigenvalue weighted by Gasteiger charge is 2.51. The minimum Gasteiger partial charge on any atom is -0.461 e. The van der Waals surface area contributed by atoms with Gasteiger partial charge >= 0.3 is 5.97 Å². The Balaban J connectivity index is 2.21. The van der Waals surface area contributed by atoms with Crippen LogP contribution in [0.1, 0.15) is 53.4 Å². The van der Waals surface area contributed by atoms with Crippen molar-refractivity contribution in [1.29, 1.82) is 0 Å². The number of hydrogen-bond donors (Lipinski definition) is 0. The molecule has 4 heteroatoms. The molecule has 0 N–H and O–H groups in total. The van der Waals surface area contributed by atoms with Crippen molar-refractivity contribution in [2.45, 2.75) is 65.1 Å². The van der Waals surface area contributed by atoms with Crippen LogP contribution in [0.25, 0.3) is 0 Å². The van der Waals surface area contributed by atoms with Gasteiger partial charge < -0.3 is 9.47 Å². The lowest BCUT2D eigenvalue weighted by Crippen LogP contribution is -2.17. The summed E-state index contributed by atoms with van der Waals surface area (Å²) < 4.78 is 10.8. The van der Waals surface area contributed by atoms with E-state index < -0.39 is 0 Å². The maximum absolute atomic E-state index is 12.5. The molecular weight excluding hydrogens is 268 g/mol. The zero-order valence-electron chi connectivity index (χ0n) is 13.3. The first-order valence-corrected chi connectivity index (χ1v) is 7.50. The molecule has 0 amide bonds. The van der Waals surface area contributed by atoms with E-state index in [9.17, 15) is 9.59 Å². The average molecular weight is 292 g/mol. The molecule has 2 rings (SSSR count). The van der Waals surface area contributed by atoms with Crippen molar-refractivity contribution in [1.82, 2.24) is 0 Å². The number of epoxide rings is 1. The summed E-state index contributed by atoms with van der Waals surface area (Å²) in [6.45, 7) is 7.52. The molecule has 0 aromatic rings. The van der Waals surface area contributed by atoms with Crippen LogP contribution in [0.5, 0.6) is 0 Å². The van der Waals surface area contributed by atoms with Crippen LogP contribution in [0.15, 0.2) is 22.8 Å². The van der Waals surface area contributed by atoms with Gasteiger partial charge in [0.2, 0.25) is 0 Å². The van der Waals surface area contributed by atoms with Crippen LogP contribution in [0.4, 0.5) is 0 Å². The number of rotatable bonds is 2. The predicted octanol–water partition coefficient (Wildman–Crippen LogP) is 3.11. The molecular formula is C17H24O4. The van der Waals surface area contributed by atoms with E-state index in [0.29, 0.717) is 12.8 Å². The van der Waals surface area contributed by atoms with Crippen molar-refractivity contribution in [3.8, 4) is 0 Å². The molecule has 4 nitrogen and oxygen atoms in total. The SMILES string of the molecule is CC(=O)OC/C(C)=C1\C[C@@H]2O[C@@]2(C)CC/C=C(\C)CC1=O. The van der Waals surface area contributed by atoms with Gasteiger partial charge in [-0.2, -0.15) is 0 Å². The maximum Gasteiger partial charge on any atom is 0.302 e. The summed E-state index contributed by atoms with van der Waals surface area (Å²) in [6.07, 6.45) is 5.24. The number of ketones is 1. The van der Waals surface area contributed by atoms with Crippen molar-refractivity contribution in [3.05, 3.63) is 22.8 Å². The van der Waals surface area contributed by atoms with Crippen LogP contribution in [0.3, 0.4) is 0 Å². The van der Waals surface area contributed by atoms with Gasteiger partial charge in [-0.1, -0.05) is 11.6 Å². The number of carbonyl (C=O) groups is 2. The highest BCUT2D eigenvalue weighted by atomic mass is 16.6. The number of Topliss-reactive ketones (excluding diaryl/α,β-unsaturated/α-hetero) is 1. The Morgan fingerprint density at radius 1 is 1.48 bits per heavy atom. The van der Waals surface area contributed by atoms with Gasteiger partial charge in [-0.15, -0.1) is 0 Å². The summed E-state index contributed by atoms with van der Waals surface area (Å²) in [6, 6.07) is 0. The first-order valence-electron chi connectivity index (χ1n) is 7.50. The Kier molecular flexibility index (Phi) is 4.67. The van der Waals surface area contributed by atoms with Gasteiger partial charge in [0, 0.05) is 25.3 Å². The normalized spacial score (nSPS) is 34.4. The average Bonchev–Trinajstić information content (AvgIpc) is 3.03. The largest absolute Gasteiger partial charge is 0.461 e. The molecule has 116 valence electrons. The number of carbonyl (C=O) groups excluding carboxylic acids is 2. The summed E-state index contributed by atoms with van der Waals surface area (Å²) >= 11 is 0. The number of allylic oxidation sites excluding steroid dienone is 2. The molecule has 1 aliphatic carbocycles. The van der Waals surface area contributed by atoms with E-state index in [1.165, 1.54) is 6.92 Å². The van der Waals surface area contributed by atoms with Gasteiger partial charge in [0.1, 0.15) is 6.61 Å². The first kappa shape index (κ1) is 16.0. The number of hydrogen-bond acceptors (Lipinski definition) is 4. The summed E-state index contributed by atoms with van der Waals surface area (Å²) in [4.78, 5) is 23.5. The van der Waals surface area contributed by atoms with Crippen LogP contribution in [-0.2, 0) is 19.1 Å². The summed E-state index contributed by atoms with van der Waals surface area (Å²) in [5, 5.41) is 0. The zero-order valence-corrected chi connectivity index (χ0v) is 13.3. The third kappa shape index (κ3) is 4.03. The molecule has 0 radical (unpaired) electrons. The van der Waals surface area contributed by atoms with E-state index in [0.717, 1.165) is 29.6 Å². The van der Waals surface area contributed by atoms with E-state index in [1.807, 2.05) is 13.8 Å². The fourth-order valence-corrected chi connectivity index (χ4v) is 2.81. The minimum absolute atomic E-state index is 0.107. The Morgan fingerprint density at radius 2 is 2.19 bits per heavy atom. The molecule has 0 bridgehead atoms. The lowest BCUT2D eigenvalue weighted by molar-refractivity contribution is -0.140. The summed E-state index contributed by atoms with van der Waals surface area (Å²) in [5.41, 5.74) is 2.59. The van der Waals surface area contributed by atoms with Gasteiger partial charge in [-0.3, -0.25) is 9.59 Å². The van der Waals surface area contributed by atoms with Crippen LogP contribution >= 0.6 is 0 Å². The second-order valence-corrected chi connectivity index (χ2v) is 6.35. The molecule has 0 aromatic carbocycles. The lowest BCUT2D eigenvalue weighted by atomic mass is 9.89. The third-order valence-corrected chi connectivity index (χ3v) is 4.34. The monoisotopic (exact) mass is 292 g/mol. The first-order chi connectivity index (χ1) is 9.82. The van der Waals surface area contributed by atoms with E-state index in [4.69, 9.17) is 9.47 Å². The molecule has 0 spiro atoms. The molecule has 0 saturated carbocycles. The van der Waals surface area contributed by atoms with Crippen molar-refractivity contribution in [2.24, 2.45) is 0 Å². The second-order valence-electron chi connectivity index (χ2n) is 6.35. The Morgan fingerprint density at radius 3 is 2.86 bits per heavy atom. The standard InChI is InChI=1S/C17H24O4/c1-11-6-5-7-17(4)16(21-17)9-14(15(19)8-11)12(2)10-20-13(3)18/h6,16H,5,7-10H2,1-4H3/b11-6+,14-12+/t16-,17-/m0/s1. The van der Waals surface area contributed by atoms with Crippen LogP contribution in [0, 0.1) is 0 Å². The van der Waals surface area contributed by atoms with E-state index >= 15 is 0 Å². The van der Waals surface area contributed by atoms with Crippen LogP contribution in [0.2, 0.25) is 0 Å². The van der Waals surface area contributed by atoms with Crippen LogP contribution in [-0.4, -0.2) is 30.1 Å². The molecule has 0 aromatic heterocycles. The molecule has 1 fully saturated rings. The topological polar surface area (TPSA) is 55.9 Å². The zero-order chi connectivity index (χ0) is 15.6. The fraction of sp³-hybridized carbons (Fsp3) is 0.647. The van der Waals surface area contributed by atoms with Gasteiger partial charge in [-0.25, -0.2) is 0 Å². The third-order valence-electron chi connectivity index (χ3n) is 4.34. The summed E-state index contributed by atoms with van der Waals surface area (Å²) in [7, 11) is 0. The van der Waals surface area contributed by atoms with Gasteiger partial charge in [-0.05, 0) is 39.2 Å². The van der Waals surface area contributed by atoms with Crippen molar-refractivity contribution in [2.75, 3.05) is 6.61 Å². The highest BCUT2D eigenvalue weighted by molar-refractivity contribution is 5.97. The minimum atomic E-state index is -0.328. The Hall–Kier alpha value is -1.42. The lowest BCUT2D eigenvalue weighted by Gasteiger charge is -2.14. The molecule has 2 atom stereocenters. The van der Waals surface area contributed by atoms with Crippen molar-refractivity contribution in [3.63, 3.8) is 0 Å². The smallest absolute Gasteiger partial charge is 0.302 e. The summed E-state index contributed by atoms with van der Waals surface area (Å²) in [5.74, 6) is -0.209. The number of esters is 1. The van der Waals surface area contributed by atoms with E-state index in [2.05, 4.69) is 13.0 Å². The molecule has 21 heavy (non-hydrogen) atoms. The molecule has 2 aliphatic rings. The van der Waals surface area contributed by atoms with E-state index in [-0.39, 0.29) is 30.1 Å². The quantitative estimate of drug-likeness (QED) is 0.339. The van der Waals surface area contributed by atoms with Crippen LogP contribution < -0.4 is 0 Å². The fourth-order valence-electron chi connectivity index (χ4n) is 2.81. The maximum atomic E-state index is 12.5. The molecule has 0 unspecified atom stereocenters. The number of fused-ring (bicyclic) bond motifs is 1. The molecule has 1 aliphatic heterocycles. The number of ether oxygens (including phenoxy) is 2. The Labute approximate surface area is 126 Å². The Bertz CT molecular complexity index is 515.